The van der Waals surface area contributed by atoms with Crippen LogP contribution in [0.5, 0.6) is 0 Å². The Morgan fingerprint density at radius 2 is 1.70 bits per heavy atom. The van der Waals surface area contributed by atoms with Gasteiger partial charge in [-0.05, 0) is 25.0 Å². The summed E-state index contributed by atoms with van der Waals surface area (Å²) in [5, 5.41) is 20.7. The van der Waals surface area contributed by atoms with Gasteiger partial charge >= 0.3 is 11.9 Å². The van der Waals surface area contributed by atoms with Crippen molar-refractivity contribution >= 4 is 23.5 Å². The first-order valence-corrected chi connectivity index (χ1v) is 6.32. The fourth-order valence-electron chi connectivity index (χ4n) is 1.96. The van der Waals surface area contributed by atoms with Gasteiger partial charge in [0.2, 0.25) is 5.91 Å². The van der Waals surface area contributed by atoms with Gasteiger partial charge in [-0.15, -0.1) is 0 Å². The van der Waals surface area contributed by atoms with E-state index in [1.807, 2.05) is 13.8 Å². The van der Waals surface area contributed by atoms with Crippen LogP contribution in [0, 0.1) is 5.92 Å². The molecule has 0 aliphatic heterocycles. The lowest BCUT2D eigenvalue weighted by Crippen LogP contribution is -2.23. The minimum Gasteiger partial charge on any atom is -0.478 e. The Morgan fingerprint density at radius 3 is 2.15 bits per heavy atom. The van der Waals surface area contributed by atoms with Crippen LogP contribution in [0.3, 0.4) is 0 Å². The first-order valence-electron chi connectivity index (χ1n) is 6.32. The van der Waals surface area contributed by atoms with Crippen LogP contribution in [0.15, 0.2) is 18.2 Å². The molecule has 1 aromatic carbocycles. The molecule has 0 bridgehead atoms. The van der Waals surface area contributed by atoms with Crippen LogP contribution in [-0.4, -0.2) is 28.1 Å². The quantitative estimate of drug-likeness (QED) is 0.742. The average Bonchev–Trinajstić information content (AvgIpc) is 2.39. The fourth-order valence-corrected chi connectivity index (χ4v) is 1.96. The molecule has 0 spiro atoms. The molecule has 0 aliphatic rings. The van der Waals surface area contributed by atoms with Crippen molar-refractivity contribution in [3.63, 3.8) is 0 Å². The summed E-state index contributed by atoms with van der Waals surface area (Å²) in [7, 11) is 0. The van der Waals surface area contributed by atoms with E-state index in [0.717, 1.165) is 0 Å². The third-order valence-corrected chi connectivity index (χ3v) is 3.12. The van der Waals surface area contributed by atoms with Crippen LogP contribution in [0.1, 0.15) is 47.4 Å². The van der Waals surface area contributed by atoms with Crippen molar-refractivity contribution in [3.05, 3.63) is 29.3 Å². The zero-order valence-corrected chi connectivity index (χ0v) is 11.3. The Kier molecular flexibility index (Phi) is 5.25. The predicted molar refractivity (Wildman–Crippen MR) is 73.1 cm³/mol. The monoisotopic (exact) mass is 279 g/mol. The first kappa shape index (κ1) is 15.7. The summed E-state index contributed by atoms with van der Waals surface area (Å²) in [5.41, 5.74) is -0.742. The SMILES string of the molecule is CCC(CC)C(=O)Nc1cccc(C(=O)O)c1C(=O)O. The van der Waals surface area contributed by atoms with Crippen LogP contribution in [0.4, 0.5) is 5.69 Å². The first-order chi connectivity index (χ1) is 9.42. The van der Waals surface area contributed by atoms with Gasteiger partial charge in [-0.1, -0.05) is 19.9 Å². The molecular formula is C14H17NO5. The number of carboxylic acid groups (broad SMARTS) is 2. The average molecular weight is 279 g/mol. The number of rotatable bonds is 6. The molecule has 6 heteroatoms. The number of carbonyl (C=O) groups is 3. The van der Waals surface area contributed by atoms with Gasteiger partial charge in [-0.3, -0.25) is 4.79 Å². The predicted octanol–water partition coefficient (Wildman–Crippen LogP) is 2.46. The van der Waals surface area contributed by atoms with Crippen molar-refractivity contribution in [3.8, 4) is 0 Å². The summed E-state index contributed by atoms with van der Waals surface area (Å²) >= 11 is 0. The lowest BCUT2D eigenvalue weighted by Gasteiger charge is -2.15. The summed E-state index contributed by atoms with van der Waals surface area (Å²) in [4.78, 5) is 34.2. The number of aromatic carboxylic acids is 2. The molecule has 3 N–H and O–H groups in total. The number of hydrogen-bond donors (Lipinski definition) is 3. The zero-order chi connectivity index (χ0) is 15.3. The molecule has 1 amide bonds. The number of carboxylic acids is 2. The smallest absolute Gasteiger partial charge is 0.338 e. The maximum atomic E-state index is 12.0. The highest BCUT2D eigenvalue weighted by Crippen LogP contribution is 2.22. The number of anilines is 1. The Balaban J connectivity index is 3.19. The van der Waals surface area contributed by atoms with Crippen molar-refractivity contribution in [2.75, 3.05) is 5.32 Å². The molecule has 0 atom stereocenters. The van der Waals surface area contributed by atoms with Crippen LogP contribution in [0.25, 0.3) is 0 Å². The van der Waals surface area contributed by atoms with E-state index < -0.39 is 17.5 Å². The highest BCUT2D eigenvalue weighted by molar-refractivity contribution is 6.08. The molecule has 0 saturated heterocycles. The molecule has 1 aromatic rings. The molecule has 0 unspecified atom stereocenters. The van der Waals surface area contributed by atoms with Crippen molar-refractivity contribution in [1.82, 2.24) is 0 Å². The van der Waals surface area contributed by atoms with Gasteiger partial charge in [0, 0.05) is 5.92 Å². The second-order valence-electron chi connectivity index (χ2n) is 4.34. The fraction of sp³-hybridized carbons (Fsp3) is 0.357. The van der Waals surface area contributed by atoms with Gasteiger partial charge in [0.1, 0.15) is 0 Å². The third-order valence-electron chi connectivity index (χ3n) is 3.12. The topological polar surface area (TPSA) is 104 Å². The molecule has 0 radical (unpaired) electrons. The number of amides is 1. The molecule has 0 saturated carbocycles. The maximum Gasteiger partial charge on any atom is 0.338 e. The normalized spacial score (nSPS) is 10.3. The molecule has 0 aromatic heterocycles. The highest BCUT2D eigenvalue weighted by Gasteiger charge is 2.22. The van der Waals surface area contributed by atoms with Crippen LogP contribution >= 0.6 is 0 Å². The zero-order valence-electron chi connectivity index (χ0n) is 11.3. The van der Waals surface area contributed by atoms with E-state index in [-0.39, 0.29) is 23.1 Å². The van der Waals surface area contributed by atoms with Gasteiger partial charge in [0.25, 0.3) is 0 Å². The van der Waals surface area contributed by atoms with Gasteiger partial charge < -0.3 is 15.5 Å². The molecule has 6 nitrogen and oxygen atoms in total. The molecule has 0 fully saturated rings. The van der Waals surface area contributed by atoms with E-state index in [9.17, 15) is 14.4 Å². The van der Waals surface area contributed by atoms with E-state index in [2.05, 4.69) is 5.32 Å². The maximum absolute atomic E-state index is 12.0. The molecule has 0 heterocycles. The van der Waals surface area contributed by atoms with Crippen LogP contribution in [0.2, 0.25) is 0 Å². The summed E-state index contributed by atoms with van der Waals surface area (Å²) in [5.74, 6) is -3.27. The van der Waals surface area contributed by atoms with Crippen molar-refractivity contribution < 1.29 is 24.6 Å². The number of carbonyl (C=O) groups excluding carboxylic acids is 1. The summed E-state index contributed by atoms with van der Waals surface area (Å²) in [6.45, 7) is 3.72. The molecule has 20 heavy (non-hydrogen) atoms. The van der Waals surface area contributed by atoms with Crippen molar-refractivity contribution in [2.45, 2.75) is 26.7 Å². The summed E-state index contributed by atoms with van der Waals surface area (Å²) in [6, 6.07) is 3.98. The molecule has 0 aliphatic carbocycles. The highest BCUT2D eigenvalue weighted by atomic mass is 16.4. The van der Waals surface area contributed by atoms with Crippen LogP contribution in [-0.2, 0) is 4.79 Å². The second-order valence-corrected chi connectivity index (χ2v) is 4.34. The van der Waals surface area contributed by atoms with E-state index >= 15 is 0 Å². The van der Waals surface area contributed by atoms with E-state index in [4.69, 9.17) is 10.2 Å². The minimum absolute atomic E-state index is 0.00861. The lowest BCUT2D eigenvalue weighted by molar-refractivity contribution is -0.120. The third kappa shape index (κ3) is 3.34. The van der Waals surface area contributed by atoms with E-state index in [1.165, 1.54) is 18.2 Å². The van der Waals surface area contributed by atoms with E-state index in [1.54, 1.807) is 0 Å². The lowest BCUT2D eigenvalue weighted by atomic mass is 10.0. The Labute approximate surface area is 116 Å². The van der Waals surface area contributed by atoms with E-state index in [0.29, 0.717) is 12.8 Å². The minimum atomic E-state index is -1.39. The molecule has 1 rings (SSSR count). The van der Waals surface area contributed by atoms with Crippen molar-refractivity contribution in [2.24, 2.45) is 5.92 Å². The Morgan fingerprint density at radius 1 is 1.10 bits per heavy atom. The summed E-state index contributed by atoms with van der Waals surface area (Å²) in [6.07, 6.45) is 1.26. The summed E-state index contributed by atoms with van der Waals surface area (Å²) < 4.78 is 0. The van der Waals surface area contributed by atoms with Gasteiger partial charge in [-0.2, -0.15) is 0 Å². The number of hydrogen-bond acceptors (Lipinski definition) is 3. The Bertz CT molecular complexity index is 534. The van der Waals surface area contributed by atoms with Gasteiger partial charge in [0.05, 0.1) is 16.8 Å². The largest absolute Gasteiger partial charge is 0.478 e. The van der Waals surface area contributed by atoms with Crippen LogP contribution < -0.4 is 5.32 Å². The molecular weight excluding hydrogens is 262 g/mol. The standard InChI is InChI=1S/C14H17NO5/c1-3-8(4-2)12(16)15-10-7-5-6-9(13(17)18)11(10)14(19)20/h5-8H,3-4H2,1-2H3,(H,15,16)(H,17,18)(H,19,20). The van der Waals surface area contributed by atoms with Crippen molar-refractivity contribution in [1.29, 1.82) is 0 Å². The van der Waals surface area contributed by atoms with Gasteiger partial charge in [-0.25, -0.2) is 9.59 Å². The molecule has 108 valence electrons. The number of nitrogens with one attached hydrogen (secondary N) is 1. The van der Waals surface area contributed by atoms with Gasteiger partial charge in [0.15, 0.2) is 0 Å². The number of benzene rings is 1. The Hall–Kier alpha value is -2.37. The second kappa shape index (κ2) is 6.70.